The van der Waals surface area contributed by atoms with Crippen molar-refractivity contribution in [2.24, 2.45) is 0 Å². The highest BCUT2D eigenvalue weighted by Gasteiger charge is 2.15. The molecule has 0 saturated carbocycles. The molecule has 0 aliphatic carbocycles. The Labute approximate surface area is 164 Å². The zero-order chi connectivity index (χ0) is 20.3. The van der Waals surface area contributed by atoms with Crippen LogP contribution in [0.25, 0.3) is 10.9 Å². The molecule has 0 radical (unpaired) electrons. The first kappa shape index (κ1) is 19.5. The molecule has 0 aliphatic heterocycles. The van der Waals surface area contributed by atoms with Gasteiger partial charge < -0.3 is 19.7 Å². The molecule has 0 aliphatic rings. The molecule has 0 spiro atoms. The molecule has 0 unspecified atom stereocenters. The Morgan fingerprint density at radius 1 is 1.36 bits per heavy atom. The van der Waals surface area contributed by atoms with Crippen molar-refractivity contribution in [3.63, 3.8) is 0 Å². The molecule has 10 heteroatoms. The zero-order valence-electron chi connectivity index (χ0n) is 15.4. The van der Waals surface area contributed by atoms with Gasteiger partial charge in [-0.05, 0) is 31.3 Å². The van der Waals surface area contributed by atoms with Gasteiger partial charge in [-0.2, -0.15) is 0 Å². The van der Waals surface area contributed by atoms with Crippen molar-refractivity contribution in [1.29, 1.82) is 0 Å². The lowest BCUT2D eigenvalue weighted by molar-refractivity contribution is -0.133. The minimum Gasteiger partial charge on any atom is -0.360 e. The average Bonchev–Trinajstić information content (AvgIpc) is 3.05. The van der Waals surface area contributed by atoms with Crippen LogP contribution in [0.15, 0.2) is 39.6 Å². The first-order valence-corrected chi connectivity index (χ1v) is 8.95. The minimum atomic E-state index is -0.399. The number of amides is 2. The van der Waals surface area contributed by atoms with Crippen LogP contribution in [0.3, 0.4) is 0 Å². The number of likely N-dealkylation sites (N-methyl/N-ethyl adjacent to an activating group) is 1. The van der Waals surface area contributed by atoms with E-state index in [1.54, 1.807) is 37.3 Å². The largest absolute Gasteiger partial charge is 0.360 e. The van der Waals surface area contributed by atoms with E-state index in [0.717, 1.165) is 0 Å². The number of aromatic amines is 1. The zero-order valence-corrected chi connectivity index (χ0v) is 16.2. The Kier molecular flexibility index (Phi) is 5.69. The van der Waals surface area contributed by atoms with Crippen LogP contribution in [0, 0.1) is 11.7 Å². The van der Waals surface area contributed by atoms with Crippen LogP contribution >= 0.6 is 12.2 Å². The van der Waals surface area contributed by atoms with E-state index >= 15 is 0 Å². The summed E-state index contributed by atoms with van der Waals surface area (Å²) in [6.07, 6.45) is 0.0303. The van der Waals surface area contributed by atoms with Crippen molar-refractivity contribution in [2.45, 2.75) is 19.9 Å². The van der Waals surface area contributed by atoms with E-state index in [9.17, 15) is 14.4 Å². The van der Waals surface area contributed by atoms with Gasteiger partial charge in [0.05, 0.1) is 17.4 Å². The number of aryl methyl sites for hydroxylation is 1. The van der Waals surface area contributed by atoms with E-state index in [1.807, 2.05) is 0 Å². The molecule has 3 aromatic rings. The van der Waals surface area contributed by atoms with Gasteiger partial charge in [0.2, 0.25) is 11.8 Å². The number of nitrogens with one attached hydrogen (secondary N) is 2. The fourth-order valence-electron chi connectivity index (χ4n) is 2.71. The van der Waals surface area contributed by atoms with Crippen LogP contribution in [-0.2, 0) is 16.1 Å². The monoisotopic (exact) mass is 401 g/mol. The lowest BCUT2D eigenvalue weighted by Crippen LogP contribution is -2.36. The number of hydrogen-bond donors (Lipinski definition) is 2. The maximum absolute atomic E-state index is 12.6. The van der Waals surface area contributed by atoms with Gasteiger partial charge in [0, 0.05) is 26.1 Å². The number of rotatable bonds is 6. The molecule has 3 rings (SSSR count). The summed E-state index contributed by atoms with van der Waals surface area (Å²) < 4.78 is 6.47. The van der Waals surface area contributed by atoms with E-state index in [1.165, 1.54) is 16.5 Å². The molecule has 2 amide bonds. The van der Waals surface area contributed by atoms with Gasteiger partial charge in [0.15, 0.2) is 10.6 Å². The van der Waals surface area contributed by atoms with Gasteiger partial charge in [0.1, 0.15) is 5.76 Å². The average molecular weight is 401 g/mol. The standard InChI is InChI=1S/C18H19N5O4S/c1-11-9-14(21-27-11)20-15(24)10-22(2)16(25)7-8-23-17(26)12-5-3-4-6-13(12)19-18(23)28/h3-6,9H,7-8,10H2,1-2H3,(H,19,28)(H,20,21,24). The number of carbonyl (C=O) groups excluding carboxylic acids is 2. The third-order valence-electron chi connectivity index (χ3n) is 4.14. The van der Waals surface area contributed by atoms with Crippen LogP contribution in [0.2, 0.25) is 0 Å². The number of fused-ring (bicyclic) bond motifs is 1. The molecular weight excluding hydrogens is 382 g/mol. The summed E-state index contributed by atoms with van der Waals surface area (Å²) in [4.78, 5) is 41.2. The first-order chi connectivity index (χ1) is 13.3. The van der Waals surface area contributed by atoms with Gasteiger partial charge in [-0.3, -0.25) is 19.0 Å². The van der Waals surface area contributed by atoms with Crippen LogP contribution < -0.4 is 10.9 Å². The van der Waals surface area contributed by atoms with Crippen molar-refractivity contribution in [3.8, 4) is 0 Å². The molecule has 1 aromatic carbocycles. The van der Waals surface area contributed by atoms with Crippen molar-refractivity contribution in [2.75, 3.05) is 18.9 Å². The SMILES string of the molecule is Cc1cc(NC(=O)CN(C)C(=O)CCn2c(=S)[nH]c3ccccc3c2=O)no1. The van der Waals surface area contributed by atoms with Crippen molar-refractivity contribution in [3.05, 3.63) is 51.2 Å². The number of hydrogen-bond acceptors (Lipinski definition) is 6. The highest BCUT2D eigenvalue weighted by atomic mass is 32.1. The summed E-state index contributed by atoms with van der Waals surface area (Å²) in [7, 11) is 1.51. The molecule has 146 valence electrons. The fourth-order valence-corrected chi connectivity index (χ4v) is 3.00. The van der Waals surface area contributed by atoms with Crippen LogP contribution in [0.5, 0.6) is 0 Å². The van der Waals surface area contributed by atoms with Crippen molar-refractivity contribution >= 4 is 40.8 Å². The third kappa shape index (κ3) is 4.34. The van der Waals surface area contributed by atoms with Gasteiger partial charge in [-0.1, -0.05) is 17.3 Å². The quantitative estimate of drug-likeness (QED) is 0.610. The Balaban J connectivity index is 1.62. The number of benzene rings is 1. The summed E-state index contributed by atoms with van der Waals surface area (Å²) in [6, 6.07) is 8.61. The molecule has 28 heavy (non-hydrogen) atoms. The van der Waals surface area contributed by atoms with Gasteiger partial charge in [-0.15, -0.1) is 0 Å². The number of aromatic nitrogens is 3. The number of carbonyl (C=O) groups is 2. The predicted molar refractivity (Wildman–Crippen MR) is 106 cm³/mol. The number of H-pyrrole nitrogens is 1. The van der Waals surface area contributed by atoms with E-state index in [2.05, 4.69) is 15.5 Å². The van der Waals surface area contributed by atoms with E-state index in [4.69, 9.17) is 16.7 Å². The first-order valence-electron chi connectivity index (χ1n) is 8.54. The molecule has 0 fully saturated rings. The molecule has 2 aromatic heterocycles. The summed E-state index contributed by atoms with van der Waals surface area (Å²) in [5.74, 6) is 0.166. The Morgan fingerprint density at radius 2 is 2.11 bits per heavy atom. The summed E-state index contributed by atoms with van der Waals surface area (Å²) in [5.41, 5.74) is 0.394. The molecule has 2 N–H and O–H groups in total. The topological polar surface area (TPSA) is 113 Å². The smallest absolute Gasteiger partial charge is 0.262 e. The summed E-state index contributed by atoms with van der Waals surface area (Å²) >= 11 is 5.23. The molecule has 0 atom stereocenters. The molecule has 0 saturated heterocycles. The second kappa shape index (κ2) is 8.17. The van der Waals surface area contributed by atoms with E-state index < -0.39 is 5.91 Å². The maximum Gasteiger partial charge on any atom is 0.262 e. The van der Waals surface area contributed by atoms with Crippen molar-refractivity contribution < 1.29 is 14.1 Å². The second-order valence-electron chi connectivity index (χ2n) is 6.30. The molecule has 2 heterocycles. The lowest BCUT2D eigenvalue weighted by atomic mass is 10.2. The highest BCUT2D eigenvalue weighted by Crippen LogP contribution is 2.08. The second-order valence-corrected chi connectivity index (χ2v) is 6.69. The molecule has 9 nitrogen and oxygen atoms in total. The van der Waals surface area contributed by atoms with Gasteiger partial charge >= 0.3 is 0 Å². The lowest BCUT2D eigenvalue weighted by Gasteiger charge is -2.16. The Hall–Kier alpha value is -3.27. The number of nitrogens with zero attached hydrogens (tertiary/aromatic N) is 3. The Morgan fingerprint density at radius 3 is 2.82 bits per heavy atom. The summed E-state index contributed by atoms with van der Waals surface area (Å²) in [6.45, 7) is 1.67. The highest BCUT2D eigenvalue weighted by molar-refractivity contribution is 7.71. The molecular formula is C18H19N5O4S. The van der Waals surface area contributed by atoms with Gasteiger partial charge in [-0.25, -0.2) is 0 Å². The normalized spacial score (nSPS) is 10.8. The summed E-state index contributed by atoms with van der Waals surface area (Å²) in [5, 5.41) is 6.71. The van der Waals surface area contributed by atoms with Crippen LogP contribution in [0.4, 0.5) is 5.82 Å². The van der Waals surface area contributed by atoms with Crippen LogP contribution in [0.1, 0.15) is 12.2 Å². The Bertz CT molecular complexity index is 1150. The van der Waals surface area contributed by atoms with Crippen LogP contribution in [-0.4, -0.2) is 45.0 Å². The minimum absolute atomic E-state index is 0.0303. The maximum atomic E-state index is 12.6. The van der Waals surface area contributed by atoms with E-state index in [-0.39, 0.29) is 41.6 Å². The molecule has 0 bridgehead atoms. The number of para-hydroxylation sites is 1. The fraction of sp³-hybridized carbons (Fsp3) is 0.278. The van der Waals surface area contributed by atoms with Crippen molar-refractivity contribution in [1.82, 2.24) is 19.6 Å². The predicted octanol–water partition coefficient (Wildman–Crippen LogP) is 1.84. The van der Waals surface area contributed by atoms with E-state index in [0.29, 0.717) is 16.7 Å². The van der Waals surface area contributed by atoms with Gasteiger partial charge in [0.25, 0.3) is 5.56 Å². The number of anilines is 1. The third-order valence-corrected chi connectivity index (χ3v) is 4.46.